The highest BCUT2D eigenvalue weighted by atomic mass is 14.8. The first-order chi connectivity index (χ1) is 7.20. The number of nitrogens with one attached hydrogen (secondary N) is 1. The predicted molar refractivity (Wildman–Crippen MR) is 66.8 cm³/mol. The van der Waals surface area contributed by atoms with Gasteiger partial charge in [0.25, 0.3) is 0 Å². The van der Waals surface area contributed by atoms with Crippen molar-refractivity contribution in [2.24, 2.45) is 10.9 Å². The maximum atomic E-state index is 7.91. The third-order valence-electron chi connectivity index (χ3n) is 2.92. The van der Waals surface area contributed by atoms with Crippen molar-refractivity contribution in [3.05, 3.63) is 12.2 Å². The van der Waals surface area contributed by atoms with E-state index >= 15 is 0 Å². The molecule has 0 aliphatic heterocycles. The Morgan fingerprint density at radius 3 is 2.27 bits per heavy atom. The maximum absolute atomic E-state index is 7.91. The van der Waals surface area contributed by atoms with Crippen LogP contribution in [0.1, 0.15) is 51.9 Å². The van der Waals surface area contributed by atoms with E-state index in [-0.39, 0.29) is 0 Å². The van der Waals surface area contributed by atoms with Gasteiger partial charge in [-0.15, -0.1) is 0 Å². The molecule has 2 nitrogen and oxygen atoms in total. The van der Waals surface area contributed by atoms with Crippen LogP contribution >= 0.6 is 0 Å². The van der Waals surface area contributed by atoms with E-state index in [0.717, 1.165) is 18.4 Å². The quantitative estimate of drug-likeness (QED) is 0.524. The molecule has 0 saturated heterocycles. The summed E-state index contributed by atoms with van der Waals surface area (Å²) in [6, 6.07) is 0. The molecule has 1 saturated carbocycles. The van der Waals surface area contributed by atoms with Gasteiger partial charge in [-0.05, 0) is 25.3 Å². The van der Waals surface area contributed by atoms with Crippen LogP contribution in [0.3, 0.4) is 0 Å². The average Bonchev–Trinajstić information content (AvgIpc) is 2.13. The Hall–Kier alpha value is -0.920. The zero-order chi connectivity index (χ0) is 11.1. The molecule has 0 amide bonds. The summed E-state index contributed by atoms with van der Waals surface area (Å²) in [5, 5.41) is 7.91. The van der Waals surface area contributed by atoms with E-state index in [9.17, 15) is 0 Å². The molecular weight excluding hydrogens is 184 g/mol. The van der Waals surface area contributed by atoms with Crippen LogP contribution in [0.25, 0.3) is 0 Å². The lowest BCUT2D eigenvalue weighted by molar-refractivity contribution is 0.449. The molecular formula is C13H22N2. The van der Waals surface area contributed by atoms with Gasteiger partial charge >= 0.3 is 0 Å². The van der Waals surface area contributed by atoms with E-state index in [4.69, 9.17) is 5.41 Å². The average molecular weight is 206 g/mol. The van der Waals surface area contributed by atoms with Crippen LogP contribution in [0.15, 0.2) is 17.1 Å². The SMILES string of the molecule is C=C(C)/C=N\C(=N)C1CCCCCCC1. The predicted octanol–water partition coefficient (Wildman–Crippen LogP) is 3.97. The number of hydrogen-bond donors (Lipinski definition) is 1. The largest absolute Gasteiger partial charge is 0.286 e. The van der Waals surface area contributed by atoms with Gasteiger partial charge in [-0.1, -0.05) is 38.7 Å². The zero-order valence-electron chi connectivity index (χ0n) is 9.76. The highest BCUT2D eigenvalue weighted by Crippen LogP contribution is 2.23. The van der Waals surface area contributed by atoms with Gasteiger partial charge in [-0.3, -0.25) is 5.41 Å². The highest BCUT2D eigenvalue weighted by molar-refractivity contribution is 5.93. The number of nitrogens with zero attached hydrogens (tertiary/aromatic N) is 1. The third-order valence-corrected chi connectivity index (χ3v) is 2.92. The summed E-state index contributed by atoms with van der Waals surface area (Å²) in [5.41, 5.74) is 0.922. The fraction of sp³-hybridized carbons (Fsp3) is 0.692. The topological polar surface area (TPSA) is 36.2 Å². The van der Waals surface area contributed by atoms with Gasteiger partial charge in [0.1, 0.15) is 5.84 Å². The van der Waals surface area contributed by atoms with E-state index < -0.39 is 0 Å². The van der Waals surface area contributed by atoms with E-state index in [1.54, 1.807) is 6.21 Å². The minimum atomic E-state index is 0.390. The summed E-state index contributed by atoms with van der Waals surface area (Å²) in [7, 11) is 0. The van der Waals surface area contributed by atoms with Crippen molar-refractivity contribution in [3.8, 4) is 0 Å². The number of aliphatic imine (C=N–C) groups is 1. The van der Waals surface area contributed by atoms with Crippen LogP contribution in [-0.4, -0.2) is 12.1 Å². The fourth-order valence-corrected chi connectivity index (χ4v) is 2.01. The zero-order valence-corrected chi connectivity index (χ0v) is 9.76. The second-order valence-electron chi connectivity index (χ2n) is 4.53. The Morgan fingerprint density at radius 2 is 1.73 bits per heavy atom. The molecule has 15 heavy (non-hydrogen) atoms. The lowest BCUT2D eigenvalue weighted by Gasteiger charge is -2.17. The van der Waals surface area contributed by atoms with Crippen LogP contribution in [0.4, 0.5) is 0 Å². The standard InChI is InChI=1S/C13H22N2/c1-11(2)10-15-13(14)12-8-6-4-3-5-7-9-12/h10,12,14H,1,3-9H2,2H3/b14-13?,15-10-. The van der Waals surface area contributed by atoms with Crippen molar-refractivity contribution in [2.45, 2.75) is 51.9 Å². The van der Waals surface area contributed by atoms with Gasteiger partial charge in [0.15, 0.2) is 0 Å². The van der Waals surface area contributed by atoms with Gasteiger partial charge < -0.3 is 0 Å². The summed E-state index contributed by atoms with van der Waals surface area (Å²) >= 11 is 0. The second-order valence-corrected chi connectivity index (χ2v) is 4.53. The van der Waals surface area contributed by atoms with Crippen LogP contribution < -0.4 is 0 Å². The summed E-state index contributed by atoms with van der Waals surface area (Å²) < 4.78 is 0. The summed E-state index contributed by atoms with van der Waals surface area (Å²) in [6.45, 7) is 5.67. The Bertz CT molecular complexity index is 245. The fourth-order valence-electron chi connectivity index (χ4n) is 2.01. The molecule has 1 fully saturated rings. The van der Waals surface area contributed by atoms with E-state index in [1.807, 2.05) is 6.92 Å². The summed E-state index contributed by atoms with van der Waals surface area (Å²) in [5.74, 6) is 0.945. The molecule has 0 aromatic rings. The lowest BCUT2D eigenvalue weighted by Crippen LogP contribution is -2.13. The molecule has 0 spiro atoms. The molecule has 0 heterocycles. The Morgan fingerprint density at radius 1 is 1.20 bits per heavy atom. The van der Waals surface area contributed by atoms with Crippen molar-refractivity contribution >= 4 is 12.1 Å². The minimum absolute atomic E-state index is 0.390. The van der Waals surface area contributed by atoms with Crippen LogP contribution in [0, 0.1) is 11.3 Å². The van der Waals surface area contributed by atoms with Crippen molar-refractivity contribution in [3.63, 3.8) is 0 Å². The highest BCUT2D eigenvalue weighted by Gasteiger charge is 2.15. The maximum Gasteiger partial charge on any atom is 0.123 e. The van der Waals surface area contributed by atoms with Gasteiger partial charge in [-0.2, -0.15) is 0 Å². The molecule has 0 atom stereocenters. The van der Waals surface area contributed by atoms with E-state index in [2.05, 4.69) is 11.6 Å². The third kappa shape index (κ3) is 4.91. The smallest absolute Gasteiger partial charge is 0.123 e. The van der Waals surface area contributed by atoms with Crippen molar-refractivity contribution < 1.29 is 0 Å². The Balaban J connectivity index is 2.45. The van der Waals surface area contributed by atoms with Crippen molar-refractivity contribution in [2.75, 3.05) is 0 Å². The van der Waals surface area contributed by atoms with Crippen LogP contribution in [0.5, 0.6) is 0 Å². The van der Waals surface area contributed by atoms with E-state index in [0.29, 0.717) is 11.8 Å². The van der Waals surface area contributed by atoms with Crippen molar-refractivity contribution in [1.82, 2.24) is 0 Å². The van der Waals surface area contributed by atoms with Gasteiger partial charge in [0.05, 0.1) is 0 Å². The molecule has 1 aliphatic rings. The number of rotatable bonds is 2. The van der Waals surface area contributed by atoms with Crippen LogP contribution in [0.2, 0.25) is 0 Å². The molecule has 0 unspecified atom stereocenters. The first kappa shape index (κ1) is 12.2. The van der Waals surface area contributed by atoms with Crippen molar-refractivity contribution in [1.29, 1.82) is 5.41 Å². The minimum Gasteiger partial charge on any atom is -0.286 e. The summed E-state index contributed by atoms with van der Waals surface area (Å²) in [6.07, 6.45) is 10.5. The van der Waals surface area contributed by atoms with Gasteiger partial charge in [0, 0.05) is 12.1 Å². The molecule has 0 aromatic heterocycles. The van der Waals surface area contributed by atoms with Gasteiger partial charge in [0.2, 0.25) is 0 Å². The van der Waals surface area contributed by atoms with E-state index in [1.165, 1.54) is 32.1 Å². The monoisotopic (exact) mass is 206 g/mol. The lowest BCUT2D eigenvalue weighted by atomic mass is 9.90. The molecule has 1 aliphatic carbocycles. The molecule has 0 radical (unpaired) electrons. The normalized spacial score (nSPS) is 19.8. The molecule has 1 N–H and O–H groups in total. The first-order valence-corrected chi connectivity index (χ1v) is 5.98. The number of hydrogen-bond acceptors (Lipinski definition) is 1. The molecule has 1 rings (SSSR count). The number of amidine groups is 1. The van der Waals surface area contributed by atoms with Crippen LogP contribution in [-0.2, 0) is 0 Å². The molecule has 2 heteroatoms. The molecule has 0 bridgehead atoms. The summed E-state index contributed by atoms with van der Waals surface area (Å²) in [4.78, 5) is 4.18. The second kappa shape index (κ2) is 6.54. The number of allylic oxidation sites excluding steroid dienone is 1. The van der Waals surface area contributed by atoms with Gasteiger partial charge in [-0.25, -0.2) is 4.99 Å². The molecule has 84 valence electrons. The Kier molecular flexibility index (Phi) is 5.30. The Labute approximate surface area is 93.0 Å². The molecule has 0 aromatic carbocycles. The first-order valence-electron chi connectivity index (χ1n) is 5.98.